The van der Waals surface area contributed by atoms with Crippen LogP contribution in [0.5, 0.6) is 0 Å². The Bertz CT molecular complexity index is 404. The molecule has 1 aliphatic rings. The predicted octanol–water partition coefficient (Wildman–Crippen LogP) is 3.72. The summed E-state index contributed by atoms with van der Waals surface area (Å²) in [6, 6.07) is 10.2. The van der Waals surface area contributed by atoms with E-state index in [1.807, 2.05) is 54.6 Å². The fraction of sp³-hybridized carbons (Fsp3) is 0.286. The molecule has 0 aromatic heterocycles. The topological polar surface area (TPSA) is 12.5 Å². The summed E-state index contributed by atoms with van der Waals surface area (Å²) in [7, 11) is 2.01. The highest BCUT2D eigenvalue weighted by molar-refractivity contribution is 5.14. The second-order valence-electron chi connectivity index (χ2n) is 3.83. The molecule has 1 unspecified atom stereocenters. The quantitative estimate of drug-likeness (QED) is 0.830. The Kier molecular flexibility index (Phi) is 6.74. The van der Waals surface area contributed by atoms with Gasteiger partial charge in [-0.15, -0.1) is 0 Å². The average Bonchev–Trinajstić information content (AvgIpc) is 2.38. The molecule has 0 amide bonds. The summed E-state index contributed by atoms with van der Waals surface area (Å²) in [6.07, 6.45) is 8.12. The monoisotopic (exact) mass is 271 g/mol. The lowest BCUT2D eigenvalue weighted by atomic mass is 10.2. The molecule has 0 bridgehead atoms. The maximum absolute atomic E-state index is 9.67. The van der Waals surface area contributed by atoms with Crippen molar-refractivity contribution >= 4 is 0 Å². The first-order valence-electron chi connectivity index (χ1n) is 5.74. The standard InChI is InChI=1S/C13H15NO.CHF3/c1-14-10-6-5-9-13(14)15-11-12-7-3-2-4-8-12;2-1(3)4/h2-10,13H,11H2,1H3;1H. The lowest BCUT2D eigenvalue weighted by Gasteiger charge is -2.26. The molecular weight excluding hydrogens is 255 g/mol. The third kappa shape index (κ3) is 6.67. The summed E-state index contributed by atoms with van der Waals surface area (Å²) in [5.41, 5.74) is 1.20. The first-order valence-corrected chi connectivity index (χ1v) is 5.74. The van der Waals surface area contributed by atoms with Gasteiger partial charge in [0, 0.05) is 13.2 Å². The molecule has 1 aliphatic heterocycles. The summed E-state index contributed by atoms with van der Waals surface area (Å²) >= 11 is 0. The molecule has 0 spiro atoms. The van der Waals surface area contributed by atoms with Crippen molar-refractivity contribution in [3.8, 4) is 0 Å². The van der Waals surface area contributed by atoms with E-state index in [1.54, 1.807) is 0 Å². The Morgan fingerprint density at radius 1 is 1.16 bits per heavy atom. The van der Waals surface area contributed by atoms with E-state index in [2.05, 4.69) is 12.1 Å². The minimum Gasteiger partial charge on any atom is -0.352 e. The van der Waals surface area contributed by atoms with E-state index in [1.165, 1.54) is 5.56 Å². The van der Waals surface area contributed by atoms with Crippen LogP contribution in [0.25, 0.3) is 0 Å². The van der Waals surface area contributed by atoms with Crippen LogP contribution in [0, 0.1) is 0 Å². The van der Waals surface area contributed by atoms with E-state index in [9.17, 15) is 13.2 Å². The highest BCUT2D eigenvalue weighted by Crippen LogP contribution is 2.10. The molecule has 0 radical (unpaired) electrons. The second kappa shape index (κ2) is 8.37. The van der Waals surface area contributed by atoms with Crippen LogP contribution in [0.4, 0.5) is 13.2 Å². The molecule has 0 N–H and O–H groups in total. The SMILES string of the molecule is CN1C=CC=CC1OCc1ccccc1.FC(F)F. The van der Waals surface area contributed by atoms with Gasteiger partial charge in [-0.2, -0.15) is 13.2 Å². The van der Waals surface area contributed by atoms with Crippen LogP contribution in [0.3, 0.4) is 0 Å². The Morgan fingerprint density at radius 2 is 1.79 bits per heavy atom. The number of allylic oxidation sites excluding steroid dienone is 2. The smallest absolute Gasteiger partial charge is 0.352 e. The van der Waals surface area contributed by atoms with Gasteiger partial charge in [0.05, 0.1) is 6.61 Å². The molecule has 104 valence electrons. The number of nitrogens with zero attached hydrogens (tertiary/aromatic N) is 1. The number of rotatable bonds is 3. The van der Waals surface area contributed by atoms with E-state index in [-0.39, 0.29) is 6.23 Å². The van der Waals surface area contributed by atoms with Crippen molar-refractivity contribution in [2.45, 2.75) is 19.5 Å². The molecule has 5 heteroatoms. The van der Waals surface area contributed by atoms with Gasteiger partial charge in [-0.1, -0.05) is 36.4 Å². The summed E-state index contributed by atoms with van der Waals surface area (Å²) < 4.78 is 34.8. The molecule has 19 heavy (non-hydrogen) atoms. The number of alkyl halides is 3. The van der Waals surface area contributed by atoms with Crippen LogP contribution in [-0.4, -0.2) is 24.9 Å². The number of halogens is 3. The van der Waals surface area contributed by atoms with Crippen LogP contribution >= 0.6 is 0 Å². The predicted molar refractivity (Wildman–Crippen MR) is 68.2 cm³/mol. The molecule has 1 aromatic rings. The van der Waals surface area contributed by atoms with E-state index in [0.717, 1.165) is 0 Å². The molecule has 1 aromatic carbocycles. The van der Waals surface area contributed by atoms with Gasteiger partial charge in [-0.05, 0) is 17.7 Å². The van der Waals surface area contributed by atoms with Gasteiger partial charge in [0.2, 0.25) is 0 Å². The van der Waals surface area contributed by atoms with Crippen molar-refractivity contribution in [3.63, 3.8) is 0 Å². The molecule has 2 nitrogen and oxygen atoms in total. The van der Waals surface area contributed by atoms with Crippen molar-refractivity contribution in [1.82, 2.24) is 4.90 Å². The molecule has 0 saturated heterocycles. The first-order chi connectivity index (χ1) is 9.09. The maximum Gasteiger partial charge on any atom is 0.379 e. The maximum atomic E-state index is 9.67. The van der Waals surface area contributed by atoms with Crippen LogP contribution in [-0.2, 0) is 11.3 Å². The summed E-state index contributed by atoms with van der Waals surface area (Å²) in [5, 5.41) is 0. The van der Waals surface area contributed by atoms with Crippen molar-refractivity contribution in [3.05, 3.63) is 60.3 Å². The van der Waals surface area contributed by atoms with Gasteiger partial charge in [0.25, 0.3) is 0 Å². The van der Waals surface area contributed by atoms with E-state index in [0.29, 0.717) is 6.61 Å². The van der Waals surface area contributed by atoms with Crippen molar-refractivity contribution in [2.75, 3.05) is 7.05 Å². The molecule has 0 aliphatic carbocycles. The number of benzene rings is 1. The van der Waals surface area contributed by atoms with Gasteiger partial charge in [-0.25, -0.2) is 0 Å². The van der Waals surface area contributed by atoms with Gasteiger partial charge >= 0.3 is 6.68 Å². The van der Waals surface area contributed by atoms with Crippen LogP contribution < -0.4 is 0 Å². The number of hydrogen-bond donors (Lipinski definition) is 0. The third-order valence-electron chi connectivity index (χ3n) is 2.37. The fourth-order valence-corrected chi connectivity index (χ4v) is 1.49. The van der Waals surface area contributed by atoms with Gasteiger partial charge in [-0.3, -0.25) is 0 Å². The van der Waals surface area contributed by atoms with Crippen LogP contribution in [0.2, 0.25) is 0 Å². The molecule has 2 rings (SSSR count). The van der Waals surface area contributed by atoms with Crippen molar-refractivity contribution in [2.24, 2.45) is 0 Å². The normalized spacial score (nSPS) is 17.3. The zero-order chi connectivity index (χ0) is 14.1. The highest BCUT2D eigenvalue weighted by Gasteiger charge is 2.10. The largest absolute Gasteiger partial charge is 0.379 e. The molecule has 0 saturated carbocycles. The molecule has 1 atom stereocenters. The minimum absolute atomic E-state index is 0.0511. The van der Waals surface area contributed by atoms with E-state index in [4.69, 9.17) is 4.74 Å². The Morgan fingerprint density at radius 3 is 2.37 bits per heavy atom. The molecule has 1 heterocycles. The molecular formula is C14H16F3NO. The summed E-state index contributed by atoms with van der Waals surface area (Å²) in [4.78, 5) is 2.04. The lowest BCUT2D eigenvalue weighted by molar-refractivity contribution is -0.00459. The number of hydrogen-bond acceptors (Lipinski definition) is 2. The lowest BCUT2D eigenvalue weighted by Crippen LogP contribution is -2.29. The Balaban J connectivity index is 0.000000399. The average molecular weight is 271 g/mol. The minimum atomic E-state index is -3.67. The van der Waals surface area contributed by atoms with Gasteiger partial charge in [0.15, 0.2) is 0 Å². The summed E-state index contributed by atoms with van der Waals surface area (Å²) in [5.74, 6) is 0. The Labute approximate surface area is 110 Å². The van der Waals surface area contributed by atoms with Crippen molar-refractivity contribution < 1.29 is 17.9 Å². The fourth-order valence-electron chi connectivity index (χ4n) is 1.49. The van der Waals surface area contributed by atoms with Crippen LogP contribution in [0.15, 0.2) is 54.8 Å². The van der Waals surface area contributed by atoms with Crippen molar-refractivity contribution in [1.29, 1.82) is 0 Å². The second-order valence-corrected chi connectivity index (χ2v) is 3.83. The highest BCUT2D eigenvalue weighted by atomic mass is 19.4. The first kappa shape index (κ1) is 15.3. The Hall–Kier alpha value is -1.75. The molecule has 0 fully saturated rings. The zero-order valence-corrected chi connectivity index (χ0v) is 10.5. The number of likely N-dealkylation sites (N-methyl/N-ethyl adjacent to an activating group) is 1. The third-order valence-corrected chi connectivity index (χ3v) is 2.37. The summed E-state index contributed by atoms with van der Waals surface area (Å²) in [6.45, 7) is -3.02. The zero-order valence-electron chi connectivity index (χ0n) is 10.5. The number of ether oxygens (including phenoxy) is 1. The van der Waals surface area contributed by atoms with Gasteiger partial charge < -0.3 is 9.64 Å². The van der Waals surface area contributed by atoms with Crippen LogP contribution in [0.1, 0.15) is 5.56 Å². The van der Waals surface area contributed by atoms with E-state index < -0.39 is 6.68 Å². The van der Waals surface area contributed by atoms with E-state index >= 15 is 0 Å². The van der Waals surface area contributed by atoms with Gasteiger partial charge in [0.1, 0.15) is 6.23 Å².